The third-order valence-corrected chi connectivity index (χ3v) is 5.22. The number of halogens is 1. The SMILES string of the molecule is CN(C)c1nnc(-c2csc(N(C)C(=O)c3ccc(F)cc3)n2)s1. The lowest BCUT2D eigenvalue weighted by Gasteiger charge is -2.13. The first-order chi connectivity index (χ1) is 11.5. The van der Waals surface area contributed by atoms with E-state index in [2.05, 4.69) is 15.2 Å². The van der Waals surface area contributed by atoms with Gasteiger partial charge in [0, 0.05) is 32.1 Å². The number of carbonyl (C=O) groups excluding carboxylic acids is 1. The first kappa shape index (κ1) is 16.5. The highest BCUT2D eigenvalue weighted by Crippen LogP contribution is 2.31. The standard InChI is InChI=1S/C15H14FN5OS2/c1-20(2)15-19-18-12(24-15)11-8-23-14(17-11)21(3)13(22)9-4-6-10(16)7-5-9/h4-8H,1-3H3. The number of hydrogen-bond donors (Lipinski definition) is 0. The minimum absolute atomic E-state index is 0.248. The number of carbonyl (C=O) groups is 1. The largest absolute Gasteiger partial charge is 0.353 e. The second kappa shape index (κ2) is 6.62. The van der Waals surface area contributed by atoms with Gasteiger partial charge < -0.3 is 4.90 Å². The molecule has 3 aromatic rings. The average Bonchev–Trinajstić information content (AvgIpc) is 3.23. The van der Waals surface area contributed by atoms with Gasteiger partial charge in [-0.1, -0.05) is 11.3 Å². The van der Waals surface area contributed by atoms with Gasteiger partial charge in [0.05, 0.1) is 0 Å². The van der Waals surface area contributed by atoms with Crippen LogP contribution < -0.4 is 9.80 Å². The molecule has 0 aliphatic heterocycles. The van der Waals surface area contributed by atoms with Crippen molar-refractivity contribution in [3.63, 3.8) is 0 Å². The summed E-state index contributed by atoms with van der Waals surface area (Å²) in [5.74, 6) is -0.624. The molecule has 3 rings (SSSR count). The minimum atomic E-state index is -0.376. The van der Waals surface area contributed by atoms with Gasteiger partial charge in [-0.15, -0.1) is 21.5 Å². The van der Waals surface area contributed by atoms with Crippen LogP contribution in [0.5, 0.6) is 0 Å². The molecule has 6 nitrogen and oxygen atoms in total. The Labute approximate surface area is 146 Å². The van der Waals surface area contributed by atoms with Crippen molar-refractivity contribution < 1.29 is 9.18 Å². The molecule has 0 spiro atoms. The topological polar surface area (TPSA) is 62.2 Å². The Balaban J connectivity index is 1.81. The fourth-order valence-electron chi connectivity index (χ4n) is 1.89. The Bertz CT molecular complexity index is 859. The van der Waals surface area contributed by atoms with E-state index in [1.165, 1.54) is 51.8 Å². The molecule has 0 bridgehead atoms. The van der Waals surface area contributed by atoms with E-state index in [4.69, 9.17) is 0 Å². The minimum Gasteiger partial charge on any atom is -0.353 e. The molecule has 0 aliphatic carbocycles. The Morgan fingerprint density at radius 1 is 1.08 bits per heavy atom. The van der Waals surface area contributed by atoms with Crippen LogP contribution in [-0.2, 0) is 0 Å². The van der Waals surface area contributed by atoms with E-state index in [9.17, 15) is 9.18 Å². The molecule has 0 saturated carbocycles. The highest BCUT2D eigenvalue weighted by Gasteiger charge is 2.18. The van der Waals surface area contributed by atoms with Crippen molar-refractivity contribution in [3.8, 4) is 10.7 Å². The zero-order valence-electron chi connectivity index (χ0n) is 13.2. The summed E-state index contributed by atoms with van der Waals surface area (Å²) in [6.07, 6.45) is 0. The number of amides is 1. The number of rotatable bonds is 4. The predicted molar refractivity (Wildman–Crippen MR) is 94.5 cm³/mol. The number of hydrogen-bond acceptors (Lipinski definition) is 7. The molecule has 0 fully saturated rings. The normalized spacial score (nSPS) is 10.7. The van der Waals surface area contributed by atoms with Gasteiger partial charge in [-0.3, -0.25) is 9.69 Å². The lowest BCUT2D eigenvalue weighted by Crippen LogP contribution is -2.26. The summed E-state index contributed by atoms with van der Waals surface area (Å²) in [5.41, 5.74) is 1.08. The summed E-state index contributed by atoms with van der Waals surface area (Å²) in [4.78, 5) is 20.2. The molecule has 2 heterocycles. The van der Waals surface area contributed by atoms with E-state index in [1.807, 2.05) is 24.4 Å². The molecule has 24 heavy (non-hydrogen) atoms. The Hall–Kier alpha value is -2.39. The summed E-state index contributed by atoms with van der Waals surface area (Å²) in [7, 11) is 5.43. The van der Waals surface area contributed by atoms with Crippen molar-refractivity contribution in [2.24, 2.45) is 0 Å². The van der Waals surface area contributed by atoms with Crippen molar-refractivity contribution >= 4 is 38.8 Å². The second-order valence-corrected chi connectivity index (χ2v) is 6.96. The van der Waals surface area contributed by atoms with Gasteiger partial charge >= 0.3 is 0 Å². The summed E-state index contributed by atoms with van der Waals surface area (Å²) >= 11 is 2.77. The lowest BCUT2D eigenvalue weighted by atomic mass is 10.2. The summed E-state index contributed by atoms with van der Waals surface area (Å²) in [6, 6.07) is 5.43. The Morgan fingerprint density at radius 3 is 2.42 bits per heavy atom. The average molecular weight is 363 g/mol. The molecule has 2 aromatic heterocycles. The van der Waals surface area contributed by atoms with Crippen molar-refractivity contribution in [1.29, 1.82) is 0 Å². The molecule has 124 valence electrons. The van der Waals surface area contributed by atoms with Crippen LogP contribution in [0.3, 0.4) is 0 Å². The monoisotopic (exact) mass is 363 g/mol. The third kappa shape index (κ3) is 3.26. The molecule has 1 aromatic carbocycles. The number of thiazole rings is 1. The highest BCUT2D eigenvalue weighted by molar-refractivity contribution is 7.19. The molecular weight excluding hydrogens is 349 g/mol. The maximum Gasteiger partial charge on any atom is 0.259 e. The van der Waals surface area contributed by atoms with Crippen molar-refractivity contribution in [3.05, 3.63) is 41.0 Å². The van der Waals surface area contributed by atoms with Gasteiger partial charge in [-0.05, 0) is 24.3 Å². The third-order valence-electron chi connectivity index (χ3n) is 3.19. The van der Waals surface area contributed by atoms with E-state index in [0.29, 0.717) is 21.4 Å². The van der Waals surface area contributed by atoms with Gasteiger partial charge in [0.2, 0.25) is 5.13 Å². The molecule has 0 unspecified atom stereocenters. The summed E-state index contributed by atoms with van der Waals surface area (Å²) in [5, 5.41) is 12.1. The van der Waals surface area contributed by atoms with E-state index < -0.39 is 0 Å². The van der Waals surface area contributed by atoms with Gasteiger partial charge in [0.1, 0.15) is 11.5 Å². The van der Waals surface area contributed by atoms with Crippen LogP contribution in [0.2, 0.25) is 0 Å². The van der Waals surface area contributed by atoms with Crippen LogP contribution in [0, 0.1) is 5.82 Å². The maximum absolute atomic E-state index is 13.0. The summed E-state index contributed by atoms with van der Waals surface area (Å²) in [6.45, 7) is 0. The zero-order valence-corrected chi connectivity index (χ0v) is 14.9. The second-order valence-electron chi connectivity index (χ2n) is 5.17. The first-order valence-electron chi connectivity index (χ1n) is 6.96. The Kier molecular flexibility index (Phi) is 4.54. The van der Waals surface area contributed by atoms with Gasteiger partial charge in [0.15, 0.2) is 10.1 Å². The van der Waals surface area contributed by atoms with Gasteiger partial charge in [-0.2, -0.15) is 0 Å². The van der Waals surface area contributed by atoms with Crippen molar-refractivity contribution in [1.82, 2.24) is 15.2 Å². The number of aromatic nitrogens is 3. The molecular formula is C15H14FN5OS2. The molecule has 0 saturated heterocycles. The lowest BCUT2D eigenvalue weighted by molar-refractivity contribution is 0.0993. The Morgan fingerprint density at radius 2 is 1.79 bits per heavy atom. The highest BCUT2D eigenvalue weighted by atomic mass is 32.1. The summed E-state index contributed by atoms with van der Waals surface area (Å²) < 4.78 is 13.0. The number of anilines is 2. The van der Waals surface area contributed by atoms with Crippen LogP contribution in [0.25, 0.3) is 10.7 Å². The zero-order chi connectivity index (χ0) is 17.3. The fraction of sp³-hybridized carbons (Fsp3) is 0.200. The fourth-order valence-corrected chi connectivity index (χ4v) is 3.47. The van der Waals surface area contributed by atoms with Gasteiger partial charge in [-0.25, -0.2) is 9.37 Å². The van der Waals surface area contributed by atoms with Gasteiger partial charge in [0.25, 0.3) is 5.91 Å². The van der Waals surface area contributed by atoms with Crippen LogP contribution >= 0.6 is 22.7 Å². The van der Waals surface area contributed by atoms with E-state index in [0.717, 1.165) is 5.13 Å². The molecule has 0 aliphatic rings. The molecule has 0 atom stereocenters. The van der Waals surface area contributed by atoms with E-state index in [-0.39, 0.29) is 11.7 Å². The molecule has 0 radical (unpaired) electrons. The van der Waals surface area contributed by atoms with Crippen LogP contribution in [-0.4, -0.2) is 42.2 Å². The number of benzene rings is 1. The smallest absolute Gasteiger partial charge is 0.259 e. The maximum atomic E-state index is 13.0. The molecule has 0 N–H and O–H groups in total. The van der Waals surface area contributed by atoms with E-state index >= 15 is 0 Å². The van der Waals surface area contributed by atoms with Crippen LogP contribution in [0.4, 0.5) is 14.7 Å². The molecule has 1 amide bonds. The van der Waals surface area contributed by atoms with E-state index in [1.54, 1.807) is 7.05 Å². The van der Waals surface area contributed by atoms with Crippen LogP contribution in [0.15, 0.2) is 29.6 Å². The quantitative estimate of drug-likeness (QED) is 0.713. The van der Waals surface area contributed by atoms with Crippen LogP contribution in [0.1, 0.15) is 10.4 Å². The predicted octanol–water partition coefficient (Wildman–Crippen LogP) is 3.14. The van der Waals surface area contributed by atoms with Crippen molar-refractivity contribution in [2.45, 2.75) is 0 Å². The molecule has 9 heteroatoms. The number of nitrogens with zero attached hydrogens (tertiary/aromatic N) is 5. The first-order valence-corrected chi connectivity index (χ1v) is 8.65. The van der Waals surface area contributed by atoms with Crippen molar-refractivity contribution in [2.75, 3.05) is 30.9 Å².